The van der Waals surface area contributed by atoms with Crippen LogP contribution in [0, 0.1) is 0 Å². The van der Waals surface area contributed by atoms with Gasteiger partial charge in [-0.1, -0.05) is 0 Å². The molecule has 0 bridgehead atoms. The summed E-state index contributed by atoms with van der Waals surface area (Å²) in [4.78, 5) is 0. The molecule has 116 valence electrons. The summed E-state index contributed by atoms with van der Waals surface area (Å²) in [5.41, 5.74) is 6.90. The summed E-state index contributed by atoms with van der Waals surface area (Å²) < 4.78 is 3.58. The van der Waals surface area contributed by atoms with Crippen molar-refractivity contribution in [2.24, 2.45) is 0 Å². The number of hydrogen-bond acceptors (Lipinski definition) is 0. The van der Waals surface area contributed by atoms with Crippen LogP contribution < -0.4 is 24.8 Å². The van der Waals surface area contributed by atoms with Crippen molar-refractivity contribution in [2.45, 2.75) is 66.2 Å². The van der Waals surface area contributed by atoms with Gasteiger partial charge in [0.2, 0.25) is 0 Å². The second-order valence-corrected chi connectivity index (χ2v) is 8.61. The van der Waals surface area contributed by atoms with Gasteiger partial charge < -0.3 is 24.8 Å². The Morgan fingerprint density at radius 1 is 0.714 bits per heavy atom. The molecular formula is C18H26Cl2Zr. The van der Waals surface area contributed by atoms with E-state index in [0.29, 0.717) is 0 Å². The number of allylic oxidation sites excluding steroid dienone is 8. The third-order valence-corrected chi connectivity index (χ3v) is 8.25. The smallest absolute Gasteiger partial charge is 1.00 e. The molecule has 2 aliphatic carbocycles. The summed E-state index contributed by atoms with van der Waals surface area (Å²) in [7, 11) is 0. The molecule has 0 spiro atoms. The number of rotatable bonds is 6. The minimum absolute atomic E-state index is 0. The van der Waals surface area contributed by atoms with E-state index in [2.05, 4.69) is 39.8 Å². The molecule has 0 aliphatic heterocycles. The fourth-order valence-corrected chi connectivity index (χ4v) is 7.52. The standard InChI is InChI=1S/2C9H13.2ClH.Zr/c2*1-3-8-6-5-7-9(8)4-2;;;/h2*5H,3-4,6H2,1-2H3;2*1H;/q;;;;+2/p-2. The molecule has 0 aromatic carbocycles. The van der Waals surface area contributed by atoms with Gasteiger partial charge in [0.05, 0.1) is 0 Å². The van der Waals surface area contributed by atoms with Gasteiger partial charge >= 0.3 is 130 Å². The Kier molecular flexibility index (Phi) is 10.5. The predicted molar refractivity (Wildman–Crippen MR) is 80.6 cm³/mol. The van der Waals surface area contributed by atoms with Crippen molar-refractivity contribution in [3.8, 4) is 0 Å². The SMILES string of the molecule is CCC1=C(CC)[C]([Zr+2][C]2=CCC(CC)=C2CC)=CC1.[Cl-].[Cl-]. The van der Waals surface area contributed by atoms with Gasteiger partial charge in [-0.2, -0.15) is 0 Å². The first kappa shape index (κ1) is 21.4. The zero-order valence-electron chi connectivity index (χ0n) is 13.7. The molecule has 2 rings (SSSR count). The first-order chi connectivity index (χ1) is 9.24. The molecule has 0 unspecified atom stereocenters. The van der Waals surface area contributed by atoms with E-state index in [-0.39, 0.29) is 24.8 Å². The van der Waals surface area contributed by atoms with Crippen molar-refractivity contribution in [3.05, 3.63) is 41.0 Å². The maximum atomic E-state index is 2.56. The molecule has 0 N–H and O–H groups in total. The molecule has 0 aromatic heterocycles. The summed E-state index contributed by atoms with van der Waals surface area (Å²) in [6, 6.07) is 0. The van der Waals surface area contributed by atoms with Gasteiger partial charge in [0.15, 0.2) is 0 Å². The van der Waals surface area contributed by atoms with Gasteiger partial charge in [-0.15, -0.1) is 0 Å². The van der Waals surface area contributed by atoms with Crippen molar-refractivity contribution in [3.63, 3.8) is 0 Å². The Labute approximate surface area is 154 Å². The van der Waals surface area contributed by atoms with E-state index in [1.807, 2.05) is 0 Å². The van der Waals surface area contributed by atoms with Crippen LogP contribution >= 0.6 is 0 Å². The van der Waals surface area contributed by atoms with Crippen LogP contribution in [0.15, 0.2) is 41.0 Å². The second kappa shape index (κ2) is 10.2. The Morgan fingerprint density at radius 3 is 1.38 bits per heavy atom. The van der Waals surface area contributed by atoms with E-state index in [9.17, 15) is 0 Å². The van der Waals surface area contributed by atoms with Crippen LogP contribution in [-0.4, -0.2) is 0 Å². The molecule has 2 aliphatic rings. The van der Waals surface area contributed by atoms with E-state index in [4.69, 9.17) is 0 Å². The zero-order valence-corrected chi connectivity index (χ0v) is 17.6. The fraction of sp³-hybridized carbons (Fsp3) is 0.556. The van der Waals surface area contributed by atoms with Crippen LogP contribution in [-0.2, 0) is 23.2 Å². The number of hydrogen-bond donors (Lipinski definition) is 0. The summed E-state index contributed by atoms with van der Waals surface area (Å²) in [6.07, 6.45) is 12.6. The van der Waals surface area contributed by atoms with Crippen LogP contribution in [0.5, 0.6) is 0 Å². The molecule has 0 saturated heterocycles. The molecule has 0 nitrogen and oxygen atoms in total. The van der Waals surface area contributed by atoms with Crippen LogP contribution in [0.3, 0.4) is 0 Å². The fourth-order valence-electron chi connectivity index (χ4n) is 3.32. The van der Waals surface area contributed by atoms with Gasteiger partial charge in [0, 0.05) is 0 Å². The molecular weight excluding hydrogens is 378 g/mol. The second-order valence-electron chi connectivity index (χ2n) is 5.35. The molecule has 0 atom stereocenters. The Bertz CT molecular complexity index is 437. The molecule has 3 heteroatoms. The maximum Gasteiger partial charge on any atom is -1.00 e. The molecule has 0 saturated carbocycles. The van der Waals surface area contributed by atoms with Gasteiger partial charge in [-0.25, -0.2) is 0 Å². The van der Waals surface area contributed by atoms with Gasteiger partial charge in [-0.3, -0.25) is 0 Å². The van der Waals surface area contributed by atoms with Gasteiger partial charge in [0.1, 0.15) is 0 Å². The molecule has 0 radical (unpaired) electrons. The molecule has 0 aromatic rings. The van der Waals surface area contributed by atoms with Crippen molar-refractivity contribution in [2.75, 3.05) is 0 Å². The zero-order chi connectivity index (χ0) is 13.8. The minimum atomic E-state index is -0.544. The first-order valence-corrected chi connectivity index (χ1v) is 10.3. The van der Waals surface area contributed by atoms with Crippen molar-refractivity contribution >= 4 is 0 Å². The van der Waals surface area contributed by atoms with Gasteiger partial charge in [0.25, 0.3) is 0 Å². The van der Waals surface area contributed by atoms with Crippen molar-refractivity contribution in [1.82, 2.24) is 0 Å². The molecule has 21 heavy (non-hydrogen) atoms. The molecule has 0 heterocycles. The topological polar surface area (TPSA) is 0 Å². The Morgan fingerprint density at radius 2 is 1.10 bits per heavy atom. The minimum Gasteiger partial charge on any atom is -1.00 e. The normalized spacial score (nSPS) is 17.1. The van der Waals surface area contributed by atoms with E-state index < -0.39 is 23.2 Å². The summed E-state index contributed by atoms with van der Waals surface area (Å²) in [5, 5.41) is 0. The number of halogens is 2. The van der Waals surface area contributed by atoms with Gasteiger partial charge in [-0.05, 0) is 0 Å². The van der Waals surface area contributed by atoms with Crippen LogP contribution in [0.4, 0.5) is 0 Å². The third-order valence-electron chi connectivity index (χ3n) is 4.44. The van der Waals surface area contributed by atoms with Crippen LogP contribution in [0.2, 0.25) is 0 Å². The Hall–Kier alpha value is 0.423. The summed E-state index contributed by atoms with van der Waals surface area (Å²) in [5.74, 6) is 0. The van der Waals surface area contributed by atoms with Crippen molar-refractivity contribution in [1.29, 1.82) is 0 Å². The monoisotopic (exact) mass is 402 g/mol. The first-order valence-electron chi connectivity index (χ1n) is 7.84. The molecule has 0 amide bonds. The quantitative estimate of drug-likeness (QED) is 0.580. The van der Waals surface area contributed by atoms with Crippen LogP contribution in [0.25, 0.3) is 0 Å². The largest absolute Gasteiger partial charge is 1.00 e. The predicted octanol–water partition coefficient (Wildman–Crippen LogP) is -0.115. The van der Waals surface area contributed by atoms with Crippen molar-refractivity contribution < 1.29 is 48.0 Å². The summed E-state index contributed by atoms with van der Waals surface area (Å²) in [6.45, 7) is 9.30. The summed E-state index contributed by atoms with van der Waals surface area (Å²) >= 11 is -0.544. The average molecular weight is 405 g/mol. The van der Waals surface area contributed by atoms with E-state index in [1.165, 1.54) is 38.5 Å². The van der Waals surface area contributed by atoms with Crippen LogP contribution in [0.1, 0.15) is 66.2 Å². The Balaban J connectivity index is 0.00000200. The molecule has 0 fully saturated rings. The maximum absolute atomic E-state index is 2.56. The van der Waals surface area contributed by atoms with E-state index in [1.54, 1.807) is 28.9 Å². The van der Waals surface area contributed by atoms with E-state index >= 15 is 0 Å². The third kappa shape index (κ3) is 4.70. The average Bonchev–Trinajstić information content (AvgIpc) is 3.01. The van der Waals surface area contributed by atoms with E-state index in [0.717, 1.165) is 0 Å².